The molecule has 0 saturated carbocycles. The van der Waals surface area contributed by atoms with Crippen molar-refractivity contribution in [2.24, 2.45) is 4.99 Å². The first-order valence-corrected chi connectivity index (χ1v) is 8.05. The summed E-state index contributed by atoms with van der Waals surface area (Å²) in [5.41, 5.74) is 1.71. The fraction of sp³-hybridized carbons (Fsp3) is 0.214. The number of benzene rings is 1. The van der Waals surface area contributed by atoms with Crippen LogP contribution in [0.3, 0.4) is 0 Å². The molecule has 0 atom stereocenters. The zero-order valence-electron chi connectivity index (χ0n) is 10.9. The third-order valence-electron chi connectivity index (χ3n) is 2.79. The van der Waals surface area contributed by atoms with Crippen LogP contribution in [0.15, 0.2) is 35.3 Å². The second-order valence-corrected chi connectivity index (χ2v) is 6.55. The van der Waals surface area contributed by atoms with Gasteiger partial charge in [0, 0.05) is 11.3 Å². The normalized spacial score (nSPS) is 14.2. The smallest absolute Gasteiger partial charge is 0.269 e. The van der Waals surface area contributed by atoms with E-state index in [0.717, 1.165) is 28.6 Å². The summed E-state index contributed by atoms with van der Waals surface area (Å²) in [7, 11) is 0. The van der Waals surface area contributed by atoms with E-state index in [-0.39, 0.29) is 5.91 Å². The summed E-state index contributed by atoms with van der Waals surface area (Å²) in [6.07, 6.45) is 0. The van der Waals surface area contributed by atoms with Crippen LogP contribution in [-0.2, 0) is 0 Å². The second kappa shape index (κ2) is 5.76. The molecular weight excluding hydrogens is 290 g/mol. The summed E-state index contributed by atoms with van der Waals surface area (Å²) in [6.45, 7) is 2.68. The van der Waals surface area contributed by atoms with Gasteiger partial charge in [-0.15, -0.1) is 11.3 Å². The fourth-order valence-electron chi connectivity index (χ4n) is 1.94. The van der Waals surface area contributed by atoms with Gasteiger partial charge in [0.2, 0.25) is 0 Å². The predicted octanol–water partition coefficient (Wildman–Crippen LogP) is 2.95. The highest BCUT2D eigenvalue weighted by atomic mass is 32.2. The van der Waals surface area contributed by atoms with E-state index in [2.05, 4.69) is 15.3 Å². The summed E-state index contributed by atoms with van der Waals surface area (Å²) >= 11 is 2.99. The van der Waals surface area contributed by atoms with Crippen molar-refractivity contribution in [3.8, 4) is 11.3 Å². The number of aryl methyl sites for hydroxylation is 1. The number of nitrogens with one attached hydrogen (secondary N) is 1. The predicted molar refractivity (Wildman–Crippen MR) is 84.5 cm³/mol. The number of carbonyl (C=O) groups is 1. The zero-order chi connectivity index (χ0) is 13.9. The maximum atomic E-state index is 12.4. The summed E-state index contributed by atoms with van der Waals surface area (Å²) in [5.74, 6) is 0.811. The summed E-state index contributed by atoms with van der Waals surface area (Å²) in [5, 5.41) is 4.46. The Morgan fingerprint density at radius 2 is 2.10 bits per heavy atom. The number of rotatable bonds is 2. The van der Waals surface area contributed by atoms with Gasteiger partial charge in [0.05, 0.1) is 17.2 Å². The first kappa shape index (κ1) is 13.3. The molecule has 2 heterocycles. The molecular formula is C14H13N3OS2. The van der Waals surface area contributed by atoms with E-state index in [9.17, 15) is 4.79 Å². The number of aliphatic imine (C=N–C) groups is 1. The molecule has 1 aliphatic heterocycles. The molecule has 0 radical (unpaired) electrons. The number of thiazole rings is 1. The van der Waals surface area contributed by atoms with E-state index >= 15 is 0 Å². The lowest BCUT2D eigenvalue weighted by Crippen LogP contribution is -2.27. The van der Waals surface area contributed by atoms with E-state index in [0.29, 0.717) is 10.0 Å². The van der Waals surface area contributed by atoms with Crippen LogP contribution in [0, 0.1) is 6.92 Å². The third-order valence-corrected chi connectivity index (χ3v) is 4.65. The lowest BCUT2D eigenvalue weighted by Gasteiger charge is -2.04. The van der Waals surface area contributed by atoms with Crippen LogP contribution in [0.25, 0.3) is 11.3 Å². The number of nitrogens with zero attached hydrogens (tertiary/aromatic N) is 2. The minimum Gasteiger partial charge on any atom is -0.301 e. The molecule has 0 spiro atoms. The molecule has 0 bridgehead atoms. The number of amidine groups is 1. The standard InChI is InChI=1S/C14H13N3OS2/c1-9-16-11(10-5-3-2-4-6-10)12(20-9)13(18)17-14-15-7-8-19-14/h2-6H,7-8H2,1H3,(H,15,17,18). The van der Waals surface area contributed by atoms with Crippen molar-refractivity contribution in [1.82, 2.24) is 10.3 Å². The van der Waals surface area contributed by atoms with Gasteiger partial charge in [0.1, 0.15) is 4.88 Å². The summed E-state index contributed by atoms with van der Waals surface area (Å²) in [4.78, 5) is 21.7. The van der Waals surface area contributed by atoms with Crippen molar-refractivity contribution in [2.75, 3.05) is 12.3 Å². The van der Waals surface area contributed by atoms with Crippen molar-refractivity contribution in [1.29, 1.82) is 0 Å². The van der Waals surface area contributed by atoms with Gasteiger partial charge in [-0.3, -0.25) is 9.79 Å². The van der Waals surface area contributed by atoms with Crippen molar-refractivity contribution in [3.63, 3.8) is 0 Å². The first-order chi connectivity index (χ1) is 9.74. The molecule has 1 N–H and O–H groups in total. The Bertz CT molecular complexity index is 664. The van der Waals surface area contributed by atoms with Crippen LogP contribution in [0.2, 0.25) is 0 Å². The van der Waals surface area contributed by atoms with Crippen molar-refractivity contribution in [2.45, 2.75) is 6.92 Å². The van der Waals surface area contributed by atoms with Gasteiger partial charge in [0.15, 0.2) is 5.17 Å². The SMILES string of the molecule is Cc1nc(-c2ccccc2)c(C(=O)NC2=NCCS2)s1. The lowest BCUT2D eigenvalue weighted by molar-refractivity contribution is 0.0982. The highest BCUT2D eigenvalue weighted by Gasteiger charge is 2.20. The zero-order valence-corrected chi connectivity index (χ0v) is 12.6. The summed E-state index contributed by atoms with van der Waals surface area (Å²) < 4.78 is 0. The Balaban J connectivity index is 1.91. The Labute approximate surface area is 125 Å². The molecule has 1 aromatic carbocycles. The molecule has 6 heteroatoms. The van der Waals surface area contributed by atoms with Gasteiger partial charge in [-0.25, -0.2) is 4.98 Å². The highest BCUT2D eigenvalue weighted by Crippen LogP contribution is 2.28. The largest absolute Gasteiger partial charge is 0.301 e. The van der Waals surface area contributed by atoms with Crippen molar-refractivity contribution < 1.29 is 4.79 Å². The third kappa shape index (κ3) is 2.76. The maximum Gasteiger partial charge on any atom is 0.269 e. The van der Waals surface area contributed by atoms with Gasteiger partial charge in [0.25, 0.3) is 5.91 Å². The molecule has 102 valence electrons. The highest BCUT2D eigenvalue weighted by molar-refractivity contribution is 8.14. The van der Waals surface area contributed by atoms with Gasteiger partial charge in [-0.2, -0.15) is 0 Å². The van der Waals surface area contributed by atoms with Crippen LogP contribution in [0.1, 0.15) is 14.7 Å². The van der Waals surface area contributed by atoms with E-state index < -0.39 is 0 Å². The molecule has 1 aromatic heterocycles. The van der Waals surface area contributed by atoms with E-state index in [1.54, 1.807) is 11.8 Å². The second-order valence-electron chi connectivity index (χ2n) is 4.27. The van der Waals surface area contributed by atoms with Crippen LogP contribution in [0.5, 0.6) is 0 Å². The number of hydrogen-bond acceptors (Lipinski definition) is 5. The molecule has 0 unspecified atom stereocenters. The number of thioether (sulfide) groups is 1. The molecule has 3 rings (SSSR count). The molecule has 1 amide bonds. The Morgan fingerprint density at radius 1 is 1.30 bits per heavy atom. The monoisotopic (exact) mass is 303 g/mol. The van der Waals surface area contributed by atoms with Crippen molar-refractivity contribution >= 4 is 34.2 Å². The maximum absolute atomic E-state index is 12.4. The average molecular weight is 303 g/mol. The molecule has 20 heavy (non-hydrogen) atoms. The molecule has 0 aliphatic carbocycles. The van der Waals surface area contributed by atoms with E-state index in [1.807, 2.05) is 37.3 Å². The fourth-order valence-corrected chi connectivity index (χ4v) is 3.50. The van der Waals surface area contributed by atoms with Crippen LogP contribution in [-0.4, -0.2) is 28.4 Å². The minimum absolute atomic E-state index is 0.123. The van der Waals surface area contributed by atoms with Gasteiger partial charge >= 0.3 is 0 Å². The van der Waals surface area contributed by atoms with E-state index in [1.165, 1.54) is 11.3 Å². The Morgan fingerprint density at radius 3 is 2.80 bits per heavy atom. The van der Waals surface area contributed by atoms with E-state index in [4.69, 9.17) is 0 Å². The molecule has 0 fully saturated rings. The Kier molecular flexibility index (Phi) is 3.84. The molecule has 2 aromatic rings. The topological polar surface area (TPSA) is 54.4 Å². The lowest BCUT2D eigenvalue weighted by atomic mass is 10.1. The minimum atomic E-state index is -0.123. The van der Waals surface area contributed by atoms with Gasteiger partial charge < -0.3 is 5.32 Å². The van der Waals surface area contributed by atoms with Crippen LogP contribution >= 0.6 is 23.1 Å². The van der Waals surface area contributed by atoms with Crippen molar-refractivity contribution in [3.05, 3.63) is 40.2 Å². The van der Waals surface area contributed by atoms with Gasteiger partial charge in [-0.1, -0.05) is 42.1 Å². The number of aromatic nitrogens is 1. The summed E-state index contributed by atoms with van der Waals surface area (Å²) in [6, 6.07) is 9.78. The number of hydrogen-bond donors (Lipinski definition) is 1. The number of carbonyl (C=O) groups excluding carboxylic acids is 1. The Hall–Kier alpha value is -1.66. The van der Waals surface area contributed by atoms with Crippen LogP contribution < -0.4 is 5.32 Å². The van der Waals surface area contributed by atoms with Gasteiger partial charge in [-0.05, 0) is 6.92 Å². The molecule has 1 aliphatic rings. The van der Waals surface area contributed by atoms with Crippen LogP contribution in [0.4, 0.5) is 0 Å². The molecule has 0 saturated heterocycles. The molecule has 4 nitrogen and oxygen atoms in total. The average Bonchev–Trinajstić information content (AvgIpc) is 3.09. The first-order valence-electron chi connectivity index (χ1n) is 6.25. The number of amides is 1. The quantitative estimate of drug-likeness (QED) is 0.928.